The second-order valence-corrected chi connectivity index (χ2v) is 5.95. The molecule has 0 aliphatic heterocycles. The first-order valence-electron chi connectivity index (χ1n) is 5.56. The highest BCUT2D eigenvalue weighted by Crippen LogP contribution is 2.30. The zero-order valence-electron chi connectivity index (χ0n) is 10.6. The lowest BCUT2D eigenvalue weighted by atomic mass is 10.2. The smallest absolute Gasteiger partial charge is 0.141 e. The van der Waals surface area contributed by atoms with Crippen molar-refractivity contribution in [3.63, 3.8) is 0 Å². The molecular formula is C12H17N3S2. The quantitative estimate of drug-likeness (QED) is 0.851. The van der Waals surface area contributed by atoms with E-state index in [1.54, 1.807) is 11.3 Å². The fraction of sp³-hybridized carbons (Fsp3) is 0.500. The summed E-state index contributed by atoms with van der Waals surface area (Å²) in [6.45, 7) is 5.10. The number of rotatable bonds is 4. The van der Waals surface area contributed by atoms with Crippen LogP contribution in [0.15, 0.2) is 5.38 Å². The standard InChI is InChI=1S/C12H17N3S2/c1-8-7-17-12-10(8)11(13-9(2)14-12)15(3)5-6-16-4/h7H,5-6H2,1-4H3. The van der Waals surface area contributed by atoms with E-state index in [0.717, 1.165) is 28.8 Å². The molecule has 2 heterocycles. The van der Waals surface area contributed by atoms with Crippen LogP contribution >= 0.6 is 23.1 Å². The minimum atomic E-state index is 0.852. The fourth-order valence-corrected chi connectivity index (χ4v) is 3.19. The lowest BCUT2D eigenvalue weighted by Gasteiger charge is -2.19. The summed E-state index contributed by atoms with van der Waals surface area (Å²) in [4.78, 5) is 12.4. The Bertz CT molecular complexity index is 522. The normalized spacial score (nSPS) is 11.1. The van der Waals surface area contributed by atoms with Gasteiger partial charge in [-0.05, 0) is 31.0 Å². The highest BCUT2D eigenvalue weighted by Gasteiger charge is 2.13. The third-order valence-electron chi connectivity index (χ3n) is 2.70. The van der Waals surface area contributed by atoms with E-state index >= 15 is 0 Å². The number of thiophene rings is 1. The molecule has 0 unspecified atom stereocenters. The molecule has 5 heteroatoms. The van der Waals surface area contributed by atoms with E-state index in [0.29, 0.717) is 0 Å². The second kappa shape index (κ2) is 5.23. The van der Waals surface area contributed by atoms with Gasteiger partial charge >= 0.3 is 0 Å². The van der Waals surface area contributed by atoms with Crippen molar-refractivity contribution in [2.24, 2.45) is 0 Å². The third kappa shape index (κ3) is 2.55. The number of hydrogen-bond donors (Lipinski definition) is 0. The van der Waals surface area contributed by atoms with E-state index in [-0.39, 0.29) is 0 Å². The SMILES string of the molecule is CSCCN(C)c1nc(C)nc2scc(C)c12. The van der Waals surface area contributed by atoms with Gasteiger partial charge in [-0.2, -0.15) is 11.8 Å². The van der Waals surface area contributed by atoms with Gasteiger partial charge < -0.3 is 4.90 Å². The Labute approximate surface area is 110 Å². The molecule has 2 rings (SSSR count). The zero-order valence-corrected chi connectivity index (χ0v) is 12.3. The van der Waals surface area contributed by atoms with Crippen molar-refractivity contribution >= 4 is 39.1 Å². The Hall–Kier alpha value is -0.810. The van der Waals surface area contributed by atoms with Crippen molar-refractivity contribution < 1.29 is 0 Å². The average molecular weight is 267 g/mol. The van der Waals surface area contributed by atoms with Gasteiger partial charge in [0.25, 0.3) is 0 Å². The van der Waals surface area contributed by atoms with Gasteiger partial charge in [0.2, 0.25) is 0 Å². The number of aryl methyl sites for hydroxylation is 2. The monoisotopic (exact) mass is 267 g/mol. The molecule has 0 spiro atoms. The molecule has 0 atom stereocenters. The van der Waals surface area contributed by atoms with Crippen molar-refractivity contribution in [3.8, 4) is 0 Å². The lowest BCUT2D eigenvalue weighted by Crippen LogP contribution is -2.22. The summed E-state index contributed by atoms with van der Waals surface area (Å²) in [7, 11) is 2.11. The van der Waals surface area contributed by atoms with Gasteiger partial charge in [-0.3, -0.25) is 0 Å². The molecule has 2 aromatic heterocycles. The van der Waals surface area contributed by atoms with Crippen LogP contribution in [0.1, 0.15) is 11.4 Å². The summed E-state index contributed by atoms with van der Waals surface area (Å²) in [5, 5.41) is 3.37. The summed E-state index contributed by atoms with van der Waals surface area (Å²) in [5.41, 5.74) is 1.27. The molecule has 0 bridgehead atoms. The predicted octanol–water partition coefficient (Wildman–Crippen LogP) is 3.11. The Morgan fingerprint density at radius 2 is 2.12 bits per heavy atom. The predicted molar refractivity (Wildman–Crippen MR) is 78.5 cm³/mol. The Morgan fingerprint density at radius 3 is 2.82 bits per heavy atom. The molecule has 0 fully saturated rings. The number of fused-ring (bicyclic) bond motifs is 1. The molecule has 0 amide bonds. The van der Waals surface area contributed by atoms with Crippen molar-refractivity contribution in [3.05, 3.63) is 16.8 Å². The van der Waals surface area contributed by atoms with Crippen molar-refractivity contribution in [1.82, 2.24) is 9.97 Å². The van der Waals surface area contributed by atoms with Crippen molar-refractivity contribution in [2.45, 2.75) is 13.8 Å². The maximum atomic E-state index is 4.60. The third-order valence-corrected chi connectivity index (χ3v) is 4.28. The maximum Gasteiger partial charge on any atom is 0.141 e. The molecule has 2 aromatic rings. The maximum absolute atomic E-state index is 4.60. The van der Waals surface area contributed by atoms with Crippen LogP contribution in [0.4, 0.5) is 5.82 Å². The van der Waals surface area contributed by atoms with E-state index < -0.39 is 0 Å². The van der Waals surface area contributed by atoms with E-state index in [4.69, 9.17) is 0 Å². The number of thioether (sulfide) groups is 1. The molecular weight excluding hydrogens is 250 g/mol. The second-order valence-electron chi connectivity index (χ2n) is 4.11. The van der Waals surface area contributed by atoms with Gasteiger partial charge in [-0.1, -0.05) is 0 Å². The molecule has 92 valence electrons. The summed E-state index contributed by atoms with van der Waals surface area (Å²) in [6.07, 6.45) is 2.13. The summed E-state index contributed by atoms with van der Waals surface area (Å²) < 4.78 is 0. The van der Waals surface area contributed by atoms with E-state index in [9.17, 15) is 0 Å². The van der Waals surface area contributed by atoms with Crippen LogP contribution in [0.5, 0.6) is 0 Å². The average Bonchev–Trinajstić information content (AvgIpc) is 2.66. The van der Waals surface area contributed by atoms with Crippen LogP contribution in [0, 0.1) is 13.8 Å². The first-order valence-corrected chi connectivity index (χ1v) is 7.83. The minimum Gasteiger partial charge on any atom is -0.358 e. The van der Waals surface area contributed by atoms with E-state index in [1.807, 2.05) is 18.7 Å². The molecule has 0 aromatic carbocycles. The summed E-state index contributed by atoms with van der Waals surface area (Å²) in [6, 6.07) is 0. The van der Waals surface area contributed by atoms with Gasteiger partial charge in [0, 0.05) is 19.3 Å². The van der Waals surface area contributed by atoms with Gasteiger partial charge in [-0.15, -0.1) is 11.3 Å². The number of nitrogens with zero attached hydrogens (tertiary/aromatic N) is 3. The molecule has 0 aliphatic rings. The van der Waals surface area contributed by atoms with Crippen LogP contribution < -0.4 is 4.90 Å². The summed E-state index contributed by atoms with van der Waals surface area (Å²) in [5.74, 6) is 3.04. The van der Waals surface area contributed by atoms with Gasteiger partial charge in [0.05, 0.1) is 5.39 Å². The van der Waals surface area contributed by atoms with Crippen LogP contribution in [0.25, 0.3) is 10.2 Å². The van der Waals surface area contributed by atoms with Crippen LogP contribution in [-0.4, -0.2) is 35.6 Å². The number of aromatic nitrogens is 2. The topological polar surface area (TPSA) is 29.0 Å². The number of hydrogen-bond acceptors (Lipinski definition) is 5. The van der Waals surface area contributed by atoms with Gasteiger partial charge in [0.1, 0.15) is 16.5 Å². The molecule has 17 heavy (non-hydrogen) atoms. The first-order chi connectivity index (χ1) is 8.13. The van der Waals surface area contributed by atoms with Crippen LogP contribution in [0.3, 0.4) is 0 Å². The zero-order chi connectivity index (χ0) is 12.4. The molecule has 0 aliphatic carbocycles. The highest BCUT2D eigenvalue weighted by atomic mass is 32.2. The Kier molecular flexibility index (Phi) is 3.89. The fourth-order valence-electron chi connectivity index (χ4n) is 1.78. The minimum absolute atomic E-state index is 0.852. The van der Waals surface area contributed by atoms with Crippen LogP contribution in [0.2, 0.25) is 0 Å². The summed E-state index contributed by atoms with van der Waals surface area (Å²) >= 11 is 3.56. The molecule has 0 radical (unpaired) electrons. The van der Waals surface area contributed by atoms with Crippen molar-refractivity contribution in [1.29, 1.82) is 0 Å². The largest absolute Gasteiger partial charge is 0.358 e. The Balaban J connectivity index is 2.47. The number of anilines is 1. The Morgan fingerprint density at radius 1 is 1.35 bits per heavy atom. The molecule has 0 saturated carbocycles. The molecule has 0 N–H and O–H groups in total. The van der Waals surface area contributed by atoms with Crippen molar-refractivity contribution in [2.75, 3.05) is 30.5 Å². The van der Waals surface area contributed by atoms with Gasteiger partial charge in [-0.25, -0.2) is 9.97 Å². The highest BCUT2D eigenvalue weighted by molar-refractivity contribution is 7.98. The lowest BCUT2D eigenvalue weighted by molar-refractivity contribution is 0.934. The first kappa shape index (κ1) is 12.6. The van der Waals surface area contributed by atoms with E-state index in [2.05, 4.69) is 40.5 Å². The van der Waals surface area contributed by atoms with Crippen LogP contribution in [-0.2, 0) is 0 Å². The van der Waals surface area contributed by atoms with Gasteiger partial charge in [0.15, 0.2) is 0 Å². The van der Waals surface area contributed by atoms with E-state index in [1.165, 1.54) is 10.9 Å². The molecule has 3 nitrogen and oxygen atoms in total. The molecule has 0 saturated heterocycles.